The van der Waals surface area contributed by atoms with Crippen molar-refractivity contribution in [3.05, 3.63) is 0 Å². The van der Waals surface area contributed by atoms with Crippen molar-refractivity contribution < 1.29 is 9.90 Å². The van der Waals surface area contributed by atoms with E-state index in [1.807, 2.05) is 13.8 Å². The van der Waals surface area contributed by atoms with Crippen molar-refractivity contribution in [1.29, 1.82) is 0 Å². The van der Waals surface area contributed by atoms with Crippen molar-refractivity contribution >= 4 is 5.97 Å². The van der Waals surface area contributed by atoms with Crippen molar-refractivity contribution in [2.75, 3.05) is 0 Å². The Kier molecular flexibility index (Phi) is 2.58. The summed E-state index contributed by atoms with van der Waals surface area (Å²) in [4.78, 5) is 11.9. The molecule has 0 aromatic rings. The fourth-order valence-electron chi connectivity index (χ4n) is 5.70. The predicted molar refractivity (Wildman–Crippen MR) is 70.0 cm³/mol. The molecule has 102 valence electrons. The van der Waals surface area contributed by atoms with Gasteiger partial charge in [0, 0.05) is 5.41 Å². The van der Waals surface area contributed by atoms with Crippen LogP contribution in [0, 0.1) is 29.1 Å². The lowest BCUT2D eigenvalue weighted by atomic mass is 9.43. The number of hydrogen-bond acceptors (Lipinski definition) is 2. The van der Waals surface area contributed by atoms with Gasteiger partial charge in [-0.3, -0.25) is 4.79 Å². The lowest BCUT2D eigenvalue weighted by Crippen LogP contribution is -2.69. The van der Waals surface area contributed by atoms with E-state index in [1.54, 1.807) is 0 Å². The van der Waals surface area contributed by atoms with E-state index >= 15 is 0 Å². The van der Waals surface area contributed by atoms with E-state index in [0.29, 0.717) is 0 Å². The van der Waals surface area contributed by atoms with Crippen LogP contribution >= 0.6 is 0 Å². The monoisotopic (exact) mass is 251 g/mol. The topological polar surface area (TPSA) is 63.3 Å². The second-order valence-corrected chi connectivity index (χ2v) is 7.53. The van der Waals surface area contributed by atoms with Gasteiger partial charge in [0.15, 0.2) is 0 Å². The lowest BCUT2D eigenvalue weighted by molar-refractivity contribution is -0.167. The second kappa shape index (κ2) is 3.72. The maximum atomic E-state index is 11.9. The molecular formula is C15H25NO2. The Hall–Kier alpha value is -0.570. The first-order chi connectivity index (χ1) is 8.37. The molecule has 0 aliphatic heterocycles. The van der Waals surface area contributed by atoms with Crippen LogP contribution in [-0.2, 0) is 4.79 Å². The van der Waals surface area contributed by atoms with Gasteiger partial charge < -0.3 is 10.8 Å². The summed E-state index contributed by atoms with van der Waals surface area (Å²) in [5, 5.41) is 9.74. The summed E-state index contributed by atoms with van der Waals surface area (Å²) in [5.41, 5.74) is 5.34. The van der Waals surface area contributed by atoms with Crippen LogP contribution in [0.15, 0.2) is 0 Å². The molecule has 18 heavy (non-hydrogen) atoms. The highest BCUT2D eigenvalue weighted by Crippen LogP contribution is 2.64. The number of nitrogens with two attached hydrogens (primary N) is 1. The third-order valence-corrected chi connectivity index (χ3v) is 6.18. The first kappa shape index (κ1) is 12.5. The second-order valence-electron chi connectivity index (χ2n) is 7.53. The Morgan fingerprint density at radius 1 is 1.17 bits per heavy atom. The molecule has 1 unspecified atom stereocenters. The van der Waals surface area contributed by atoms with Crippen LogP contribution in [-0.4, -0.2) is 16.6 Å². The summed E-state index contributed by atoms with van der Waals surface area (Å²) in [7, 11) is 0. The summed E-state index contributed by atoms with van der Waals surface area (Å²) in [6, 6.07) is 0. The maximum Gasteiger partial charge on any atom is 0.324 e. The normalized spacial score (nSPS) is 45.2. The van der Waals surface area contributed by atoms with E-state index in [0.717, 1.165) is 37.0 Å². The van der Waals surface area contributed by atoms with E-state index in [4.69, 9.17) is 5.73 Å². The van der Waals surface area contributed by atoms with Crippen molar-refractivity contribution in [2.24, 2.45) is 34.8 Å². The molecule has 0 saturated heterocycles. The molecule has 4 saturated carbocycles. The smallest absolute Gasteiger partial charge is 0.324 e. The van der Waals surface area contributed by atoms with Crippen LogP contribution in [0.25, 0.3) is 0 Å². The average molecular weight is 251 g/mol. The minimum atomic E-state index is -1.02. The number of carboxylic acids is 1. The van der Waals surface area contributed by atoms with Crippen molar-refractivity contribution in [3.63, 3.8) is 0 Å². The third-order valence-electron chi connectivity index (χ3n) is 6.18. The number of carboxylic acid groups (broad SMARTS) is 1. The Balaban J connectivity index is 2.01. The van der Waals surface area contributed by atoms with E-state index in [9.17, 15) is 9.90 Å². The zero-order valence-electron chi connectivity index (χ0n) is 11.5. The quantitative estimate of drug-likeness (QED) is 0.810. The minimum Gasteiger partial charge on any atom is -0.480 e. The first-order valence-electron chi connectivity index (χ1n) is 7.39. The van der Waals surface area contributed by atoms with E-state index in [2.05, 4.69) is 0 Å². The lowest BCUT2D eigenvalue weighted by Gasteiger charge is -2.62. The van der Waals surface area contributed by atoms with Gasteiger partial charge in [-0.1, -0.05) is 13.8 Å². The van der Waals surface area contributed by atoms with E-state index < -0.39 is 11.5 Å². The molecule has 0 heterocycles. The van der Waals surface area contributed by atoms with Gasteiger partial charge in [-0.05, 0) is 62.2 Å². The molecule has 0 spiro atoms. The number of aliphatic carboxylic acids is 1. The third kappa shape index (κ3) is 1.43. The fourth-order valence-corrected chi connectivity index (χ4v) is 5.70. The van der Waals surface area contributed by atoms with Crippen LogP contribution in [0.4, 0.5) is 0 Å². The molecule has 4 aliphatic carbocycles. The van der Waals surface area contributed by atoms with E-state index in [1.165, 1.54) is 19.3 Å². The highest BCUT2D eigenvalue weighted by atomic mass is 16.4. The SMILES string of the molecule is CC(C)C(N)(C(=O)O)C12CC3CC(CC(C3)C1)C2. The van der Waals surface area contributed by atoms with Crippen LogP contribution in [0.5, 0.6) is 0 Å². The number of hydrogen-bond donors (Lipinski definition) is 2. The molecular weight excluding hydrogens is 226 g/mol. The molecule has 4 aliphatic rings. The van der Waals surface area contributed by atoms with Crippen molar-refractivity contribution in [2.45, 2.75) is 57.9 Å². The van der Waals surface area contributed by atoms with Gasteiger partial charge in [0.2, 0.25) is 0 Å². The van der Waals surface area contributed by atoms with Gasteiger partial charge in [0.05, 0.1) is 0 Å². The van der Waals surface area contributed by atoms with Crippen LogP contribution < -0.4 is 5.73 Å². The molecule has 3 heteroatoms. The van der Waals surface area contributed by atoms with Gasteiger partial charge in [0.25, 0.3) is 0 Å². The molecule has 0 aromatic carbocycles. The Morgan fingerprint density at radius 3 is 1.83 bits per heavy atom. The molecule has 0 radical (unpaired) electrons. The average Bonchev–Trinajstić information content (AvgIpc) is 2.25. The Bertz CT molecular complexity index is 341. The summed E-state index contributed by atoms with van der Waals surface area (Å²) < 4.78 is 0. The molecule has 0 amide bonds. The molecule has 4 rings (SSSR count). The maximum absolute atomic E-state index is 11.9. The molecule has 4 fully saturated rings. The summed E-state index contributed by atoms with van der Waals surface area (Å²) in [6.07, 6.45) is 7.15. The standard InChI is InChI=1S/C15H25NO2/c1-9(2)15(16,13(17)18)14-6-10-3-11(7-14)5-12(4-10)8-14/h9-12H,3-8,16H2,1-2H3,(H,17,18). The van der Waals surface area contributed by atoms with Gasteiger partial charge in [-0.25, -0.2) is 0 Å². The van der Waals surface area contributed by atoms with Gasteiger partial charge in [0.1, 0.15) is 5.54 Å². The minimum absolute atomic E-state index is 0.00579. The first-order valence-corrected chi connectivity index (χ1v) is 7.39. The highest BCUT2D eigenvalue weighted by molar-refractivity contribution is 5.80. The molecule has 3 nitrogen and oxygen atoms in total. The summed E-state index contributed by atoms with van der Waals surface area (Å²) in [5.74, 6) is 1.47. The zero-order valence-corrected chi connectivity index (χ0v) is 11.5. The molecule has 0 aromatic heterocycles. The van der Waals surface area contributed by atoms with Gasteiger partial charge in [-0.2, -0.15) is 0 Å². The number of rotatable bonds is 3. The van der Waals surface area contributed by atoms with E-state index in [-0.39, 0.29) is 11.3 Å². The predicted octanol–water partition coefficient (Wildman–Crippen LogP) is 2.64. The molecule has 4 bridgehead atoms. The van der Waals surface area contributed by atoms with Crippen molar-refractivity contribution in [3.8, 4) is 0 Å². The van der Waals surface area contributed by atoms with Crippen molar-refractivity contribution in [1.82, 2.24) is 0 Å². The summed E-state index contributed by atoms with van der Waals surface area (Å²) >= 11 is 0. The van der Waals surface area contributed by atoms with Gasteiger partial charge >= 0.3 is 5.97 Å². The van der Waals surface area contributed by atoms with Crippen LogP contribution in [0.3, 0.4) is 0 Å². The zero-order chi connectivity index (χ0) is 13.1. The largest absolute Gasteiger partial charge is 0.480 e. The van der Waals surface area contributed by atoms with Crippen LogP contribution in [0.1, 0.15) is 52.4 Å². The fraction of sp³-hybridized carbons (Fsp3) is 0.933. The highest BCUT2D eigenvalue weighted by Gasteiger charge is 2.63. The molecule has 1 atom stereocenters. The summed E-state index contributed by atoms with van der Waals surface area (Å²) in [6.45, 7) is 3.96. The molecule has 3 N–H and O–H groups in total. The Labute approximate surface area is 109 Å². The number of carbonyl (C=O) groups is 1. The Morgan fingerprint density at radius 2 is 1.56 bits per heavy atom. The van der Waals surface area contributed by atoms with Gasteiger partial charge in [-0.15, -0.1) is 0 Å². The van der Waals surface area contributed by atoms with Crippen LogP contribution in [0.2, 0.25) is 0 Å².